The van der Waals surface area contributed by atoms with Gasteiger partial charge < -0.3 is 0 Å². The Morgan fingerprint density at radius 1 is 1.23 bits per heavy atom. The summed E-state index contributed by atoms with van der Waals surface area (Å²) in [6.07, 6.45) is 1.17. The highest BCUT2D eigenvalue weighted by atomic mass is 32.2. The molecule has 0 radical (unpaired) electrons. The normalized spacial score (nSPS) is 19.2. The van der Waals surface area contributed by atoms with E-state index in [2.05, 4.69) is 14.5 Å². The van der Waals surface area contributed by atoms with Gasteiger partial charge in [-0.25, -0.2) is 17.5 Å². The van der Waals surface area contributed by atoms with Crippen LogP contribution < -0.4 is 4.72 Å². The van der Waals surface area contributed by atoms with E-state index in [1.54, 1.807) is 6.07 Å². The van der Waals surface area contributed by atoms with E-state index < -0.39 is 10.0 Å². The lowest BCUT2D eigenvalue weighted by Crippen LogP contribution is -2.49. The first kappa shape index (κ1) is 17.3. The Kier molecular flexibility index (Phi) is 5.91. The maximum atomic E-state index is 13.8. The predicted molar refractivity (Wildman–Crippen MR) is 85.7 cm³/mol. The average Bonchev–Trinajstić information content (AvgIpc) is 2.46. The Bertz CT molecular complexity index is 586. The second kappa shape index (κ2) is 7.50. The van der Waals surface area contributed by atoms with Crippen LogP contribution in [-0.4, -0.2) is 63.7 Å². The first-order valence-corrected chi connectivity index (χ1v) is 9.41. The molecule has 0 amide bonds. The maximum Gasteiger partial charge on any atom is 0.208 e. The van der Waals surface area contributed by atoms with Crippen LogP contribution in [0.5, 0.6) is 0 Å². The van der Waals surface area contributed by atoms with Crippen LogP contribution in [0.3, 0.4) is 0 Å². The van der Waals surface area contributed by atoms with E-state index in [1.165, 1.54) is 12.3 Å². The molecule has 0 aromatic heterocycles. The maximum absolute atomic E-state index is 13.8. The molecule has 1 aromatic rings. The number of hydrogen-bond donors (Lipinski definition) is 1. The molecular weight excluding hydrogens is 305 g/mol. The third-order valence-electron chi connectivity index (χ3n) is 4.10. The fourth-order valence-corrected chi connectivity index (χ4v) is 3.24. The van der Waals surface area contributed by atoms with Crippen LogP contribution in [0.15, 0.2) is 24.3 Å². The summed E-state index contributed by atoms with van der Waals surface area (Å²) in [4.78, 5) is 4.49. The van der Waals surface area contributed by atoms with Gasteiger partial charge in [0.2, 0.25) is 10.0 Å². The second-order valence-electron chi connectivity index (χ2n) is 5.74. The van der Waals surface area contributed by atoms with Crippen molar-refractivity contribution in [3.05, 3.63) is 35.6 Å². The largest absolute Gasteiger partial charge is 0.299 e. The molecule has 22 heavy (non-hydrogen) atoms. The van der Waals surface area contributed by atoms with Gasteiger partial charge in [0.25, 0.3) is 0 Å². The molecule has 5 nitrogen and oxygen atoms in total. The summed E-state index contributed by atoms with van der Waals surface area (Å²) in [7, 11) is -3.12. The molecule has 0 spiro atoms. The van der Waals surface area contributed by atoms with Crippen molar-refractivity contribution in [3.8, 4) is 0 Å². The minimum absolute atomic E-state index is 0.0532. The fraction of sp³-hybridized carbons (Fsp3) is 0.600. The first-order chi connectivity index (χ1) is 10.4. The first-order valence-electron chi connectivity index (χ1n) is 7.52. The SMILES string of the molecule is C[C@H](c1ccccc1F)N1CCN(CCNS(C)(=O)=O)CC1. The zero-order valence-corrected chi connectivity index (χ0v) is 13.9. The number of benzene rings is 1. The summed E-state index contributed by atoms with van der Waals surface area (Å²) in [5.41, 5.74) is 0.731. The Hall–Kier alpha value is -1.02. The third-order valence-corrected chi connectivity index (χ3v) is 4.83. The minimum atomic E-state index is -3.12. The molecule has 0 bridgehead atoms. The summed E-state index contributed by atoms with van der Waals surface area (Å²) >= 11 is 0. The van der Waals surface area contributed by atoms with Crippen LogP contribution in [-0.2, 0) is 10.0 Å². The van der Waals surface area contributed by atoms with E-state index in [-0.39, 0.29) is 11.9 Å². The molecule has 2 rings (SSSR count). The van der Waals surface area contributed by atoms with Gasteiger partial charge in [-0.15, -0.1) is 0 Å². The number of nitrogens with zero attached hydrogens (tertiary/aromatic N) is 2. The zero-order chi connectivity index (χ0) is 16.2. The third kappa shape index (κ3) is 5.01. The summed E-state index contributed by atoms with van der Waals surface area (Å²) in [5.74, 6) is -0.158. The van der Waals surface area contributed by atoms with Crippen molar-refractivity contribution in [2.24, 2.45) is 0 Å². The molecule has 1 atom stereocenters. The summed E-state index contributed by atoms with van der Waals surface area (Å²) < 4.78 is 38.4. The van der Waals surface area contributed by atoms with E-state index >= 15 is 0 Å². The number of rotatable bonds is 6. The number of piperazine rings is 1. The number of nitrogens with one attached hydrogen (secondary N) is 1. The van der Waals surface area contributed by atoms with E-state index in [9.17, 15) is 12.8 Å². The van der Waals surface area contributed by atoms with Crippen LogP contribution in [0, 0.1) is 5.82 Å². The van der Waals surface area contributed by atoms with E-state index in [1.807, 2.05) is 19.1 Å². The van der Waals surface area contributed by atoms with Gasteiger partial charge in [-0.2, -0.15) is 0 Å². The van der Waals surface area contributed by atoms with Crippen LogP contribution in [0.1, 0.15) is 18.5 Å². The smallest absolute Gasteiger partial charge is 0.208 e. The summed E-state index contributed by atoms with van der Waals surface area (Å²) in [6.45, 7) is 6.60. The van der Waals surface area contributed by atoms with Crippen molar-refractivity contribution < 1.29 is 12.8 Å². The number of halogens is 1. The molecule has 1 aliphatic rings. The Morgan fingerprint density at radius 3 is 2.45 bits per heavy atom. The van der Waals surface area contributed by atoms with Gasteiger partial charge in [-0.3, -0.25) is 9.80 Å². The highest BCUT2D eigenvalue weighted by Gasteiger charge is 2.23. The zero-order valence-electron chi connectivity index (χ0n) is 13.1. The summed E-state index contributed by atoms with van der Waals surface area (Å²) in [6, 6.07) is 6.96. The highest BCUT2D eigenvalue weighted by Crippen LogP contribution is 2.23. The van der Waals surface area contributed by atoms with E-state index in [0.717, 1.165) is 31.7 Å². The topological polar surface area (TPSA) is 52.6 Å². The number of sulfonamides is 1. The van der Waals surface area contributed by atoms with Gasteiger partial charge in [0.1, 0.15) is 5.82 Å². The molecule has 7 heteroatoms. The molecule has 1 aliphatic heterocycles. The van der Waals surface area contributed by atoms with Crippen LogP contribution in [0.25, 0.3) is 0 Å². The van der Waals surface area contributed by atoms with Gasteiger partial charge in [0, 0.05) is 50.9 Å². The molecule has 0 aliphatic carbocycles. The summed E-state index contributed by atoms with van der Waals surface area (Å²) in [5, 5.41) is 0. The molecule has 1 saturated heterocycles. The van der Waals surface area contributed by atoms with Crippen molar-refractivity contribution >= 4 is 10.0 Å². The van der Waals surface area contributed by atoms with Crippen LogP contribution >= 0.6 is 0 Å². The van der Waals surface area contributed by atoms with Gasteiger partial charge in [0.15, 0.2) is 0 Å². The molecule has 1 aromatic carbocycles. The number of hydrogen-bond acceptors (Lipinski definition) is 4. The molecule has 1 N–H and O–H groups in total. The van der Waals surface area contributed by atoms with E-state index in [0.29, 0.717) is 13.1 Å². The lowest BCUT2D eigenvalue weighted by Gasteiger charge is -2.38. The minimum Gasteiger partial charge on any atom is -0.299 e. The Morgan fingerprint density at radius 2 is 1.86 bits per heavy atom. The Balaban J connectivity index is 1.81. The molecular formula is C15H24FN3O2S. The van der Waals surface area contributed by atoms with Crippen molar-refractivity contribution in [1.29, 1.82) is 0 Å². The van der Waals surface area contributed by atoms with Gasteiger partial charge in [0.05, 0.1) is 6.26 Å². The molecule has 1 heterocycles. The Labute approximate surface area is 132 Å². The van der Waals surface area contributed by atoms with Crippen LogP contribution in [0.2, 0.25) is 0 Å². The van der Waals surface area contributed by atoms with Crippen molar-refractivity contribution in [1.82, 2.24) is 14.5 Å². The quantitative estimate of drug-likeness (QED) is 0.848. The monoisotopic (exact) mass is 329 g/mol. The highest BCUT2D eigenvalue weighted by molar-refractivity contribution is 7.88. The fourth-order valence-electron chi connectivity index (χ4n) is 2.77. The van der Waals surface area contributed by atoms with Crippen molar-refractivity contribution in [2.45, 2.75) is 13.0 Å². The second-order valence-corrected chi connectivity index (χ2v) is 7.57. The molecule has 1 fully saturated rings. The van der Waals surface area contributed by atoms with Crippen molar-refractivity contribution in [2.75, 3.05) is 45.5 Å². The predicted octanol–water partition coefficient (Wildman–Crippen LogP) is 1.05. The van der Waals surface area contributed by atoms with Crippen LogP contribution in [0.4, 0.5) is 4.39 Å². The van der Waals surface area contributed by atoms with E-state index in [4.69, 9.17) is 0 Å². The standard InChI is InChI=1S/C15H24FN3O2S/c1-13(14-5-3-4-6-15(14)16)19-11-9-18(10-12-19)8-7-17-22(2,20)21/h3-6,13,17H,7-12H2,1-2H3/t13-/m1/s1. The van der Waals surface area contributed by atoms with Gasteiger partial charge in [-0.1, -0.05) is 18.2 Å². The molecule has 0 saturated carbocycles. The van der Waals surface area contributed by atoms with Crippen molar-refractivity contribution in [3.63, 3.8) is 0 Å². The lowest BCUT2D eigenvalue weighted by atomic mass is 10.1. The average molecular weight is 329 g/mol. The van der Waals surface area contributed by atoms with Gasteiger partial charge in [-0.05, 0) is 13.0 Å². The van der Waals surface area contributed by atoms with Gasteiger partial charge >= 0.3 is 0 Å². The molecule has 124 valence electrons. The lowest BCUT2D eigenvalue weighted by molar-refractivity contribution is 0.102. The molecule has 0 unspecified atom stereocenters.